The molecule has 1 aliphatic rings. The normalized spacial score (nSPS) is 18.0. The van der Waals surface area contributed by atoms with Crippen LogP contribution in [0.5, 0.6) is 5.75 Å². The van der Waals surface area contributed by atoms with Crippen LogP contribution in [0.2, 0.25) is 0 Å². The smallest absolute Gasteiger partial charge is 0.257 e. The maximum absolute atomic E-state index is 12.2. The third-order valence-corrected chi connectivity index (χ3v) is 4.81. The van der Waals surface area contributed by atoms with Gasteiger partial charge in [0.1, 0.15) is 5.75 Å². The fraction of sp³-hybridized carbons (Fsp3) is 0.650. The van der Waals surface area contributed by atoms with Gasteiger partial charge in [0.05, 0.1) is 0 Å². The Hall–Kier alpha value is -1.59. The molecule has 0 aromatic heterocycles. The van der Waals surface area contributed by atoms with Crippen LogP contribution in [0.15, 0.2) is 24.3 Å². The number of hydrogen-bond donors (Lipinski definition) is 1. The summed E-state index contributed by atoms with van der Waals surface area (Å²) in [4.78, 5) is 16.9. The number of piperazine rings is 1. The highest BCUT2D eigenvalue weighted by atomic mass is 16.5. The second-order valence-electron chi connectivity index (χ2n) is 8.03. The largest absolute Gasteiger partial charge is 0.483 e. The number of nitrogens with one attached hydrogen (secondary N) is 1. The number of para-hydroxylation sites is 1. The molecule has 1 saturated heterocycles. The van der Waals surface area contributed by atoms with E-state index in [1.807, 2.05) is 18.2 Å². The first kappa shape index (κ1) is 19.7. The molecular weight excluding hydrogens is 314 g/mol. The van der Waals surface area contributed by atoms with Gasteiger partial charge in [-0.15, -0.1) is 0 Å². The molecule has 25 heavy (non-hydrogen) atoms. The average molecular weight is 348 g/mol. The highest BCUT2D eigenvalue weighted by Gasteiger charge is 2.21. The first-order chi connectivity index (χ1) is 11.8. The number of carbonyl (C=O) groups excluding carboxylic acids is 1. The van der Waals surface area contributed by atoms with Crippen molar-refractivity contribution in [1.29, 1.82) is 0 Å². The molecule has 1 aliphatic heterocycles. The van der Waals surface area contributed by atoms with Crippen LogP contribution in [0.3, 0.4) is 0 Å². The molecule has 0 radical (unpaired) electrons. The Labute approximate surface area is 152 Å². The van der Waals surface area contributed by atoms with Gasteiger partial charge in [0, 0.05) is 38.8 Å². The zero-order chi connectivity index (χ0) is 18.4. The lowest BCUT2D eigenvalue weighted by atomic mass is 9.86. The van der Waals surface area contributed by atoms with E-state index < -0.39 is 0 Å². The maximum Gasteiger partial charge on any atom is 0.257 e. The first-order valence-corrected chi connectivity index (χ1v) is 9.19. The number of benzene rings is 1. The minimum Gasteiger partial charge on any atom is -0.483 e. The number of carbonyl (C=O) groups is 1. The van der Waals surface area contributed by atoms with Crippen LogP contribution in [-0.4, -0.2) is 68.1 Å². The van der Waals surface area contributed by atoms with E-state index in [4.69, 9.17) is 4.74 Å². The first-order valence-electron chi connectivity index (χ1n) is 9.19. The number of amides is 1. The Bertz CT molecular complexity index is 560. The van der Waals surface area contributed by atoms with Crippen LogP contribution in [-0.2, 0) is 10.2 Å². The van der Waals surface area contributed by atoms with E-state index >= 15 is 0 Å². The van der Waals surface area contributed by atoms with Crippen molar-refractivity contribution < 1.29 is 9.53 Å². The fourth-order valence-corrected chi connectivity index (χ4v) is 3.06. The lowest BCUT2D eigenvalue weighted by molar-refractivity contribution is -0.123. The number of nitrogens with zero attached hydrogens (tertiary/aromatic N) is 2. The Balaban J connectivity index is 1.78. The molecule has 140 valence electrons. The van der Waals surface area contributed by atoms with Gasteiger partial charge in [-0.05, 0) is 31.0 Å². The third kappa shape index (κ3) is 6.01. The van der Waals surface area contributed by atoms with E-state index in [0.717, 1.165) is 37.5 Å². The highest BCUT2D eigenvalue weighted by Crippen LogP contribution is 2.30. The van der Waals surface area contributed by atoms with E-state index in [1.54, 1.807) is 0 Å². The number of rotatable bonds is 6. The van der Waals surface area contributed by atoms with Crippen LogP contribution in [0.4, 0.5) is 0 Å². The summed E-state index contributed by atoms with van der Waals surface area (Å²) in [6.07, 6.45) is 0. The van der Waals surface area contributed by atoms with E-state index in [2.05, 4.69) is 55.9 Å². The van der Waals surface area contributed by atoms with Gasteiger partial charge in [0.2, 0.25) is 0 Å². The van der Waals surface area contributed by atoms with Crippen LogP contribution in [0, 0.1) is 0 Å². The molecule has 5 heteroatoms. The molecule has 5 nitrogen and oxygen atoms in total. The molecule has 1 amide bonds. The van der Waals surface area contributed by atoms with Crippen LogP contribution < -0.4 is 10.1 Å². The van der Waals surface area contributed by atoms with Crippen LogP contribution >= 0.6 is 0 Å². The highest BCUT2D eigenvalue weighted by molar-refractivity contribution is 5.77. The van der Waals surface area contributed by atoms with E-state index in [1.165, 1.54) is 0 Å². The van der Waals surface area contributed by atoms with Crippen LogP contribution in [0.1, 0.15) is 33.3 Å². The van der Waals surface area contributed by atoms with E-state index in [-0.39, 0.29) is 17.9 Å². The summed E-state index contributed by atoms with van der Waals surface area (Å²) >= 11 is 0. The Morgan fingerprint density at radius 1 is 1.20 bits per heavy atom. The van der Waals surface area contributed by atoms with Crippen molar-refractivity contribution in [2.24, 2.45) is 0 Å². The van der Waals surface area contributed by atoms with Crippen molar-refractivity contribution in [1.82, 2.24) is 15.1 Å². The van der Waals surface area contributed by atoms with Crippen molar-refractivity contribution in [3.8, 4) is 5.75 Å². The molecule has 1 aromatic rings. The minimum atomic E-state index is -0.0651. The lowest BCUT2D eigenvalue weighted by Crippen LogP contribution is -2.51. The fourth-order valence-electron chi connectivity index (χ4n) is 3.06. The standard InChI is InChI=1S/C20H33N3O2/c1-16(23-12-10-22(5)11-13-23)14-21-19(24)15-25-18-9-7-6-8-17(18)20(2,3)4/h6-9,16H,10-15H2,1-5H3,(H,21,24)/t16-/m1/s1. The van der Waals surface area contributed by atoms with Crippen molar-refractivity contribution in [2.75, 3.05) is 46.4 Å². The van der Waals surface area contributed by atoms with Crippen molar-refractivity contribution in [3.05, 3.63) is 29.8 Å². The predicted octanol–water partition coefficient (Wildman–Crippen LogP) is 2.11. The molecule has 0 spiro atoms. The summed E-state index contributed by atoms with van der Waals surface area (Å²) < 4.78 is 5.78. The van der Waals surface area contributed by atoms with Gasteiger partial charge >= 0.3 is 0 Å². The summed E-state index contributed by atoms with van der Waals surface area (Å²) in [6.45, 7) is 13.6. The monoisotopic (exact) mass is 347 g/mol. The molecule has 1 atom stereocenters. The molecule has 0 unspecified atom stereocenters. The average Bonchev–Trinajstić information content (AvgIpc) is 2.58. The molecule has 1 N–H and O–H groups in total. The summed E-state index contributed by atoms with van der Waals surface area (Å²) in [6, 6.07) is 8.28. The van der Waals surface area contributed by atoms with Gasteiger partial charge < -0.3 is 15.0 Å². The summed E-state index contributed by atoms with van der Waals surface area (Å²) in [7, 11) is 2.15. The second kappa shape index (κ2) is 8.68. The summed E-state index contributed by atoms with van der Waals surface area (Å²) in [5.74, 6) is 0.724. The quantitative estimate of drug-likeness (QED) is 0.856. The van der Waals surface area contributed by atoms with E-state index in [9.17, 15) is 4.79 Å². The Kier molecular flexibility index (Phi) is 6.85. The third-order valence-electron chi connectivity index (χ3n) is 4.81. The number of likely N-dealkylation sites (N-methyl/N-ethyl adjacent to an activating group) is 1. The molecular formula is C20H33N3O2. The van der Waals surface area contributed by atoms with Gasteiger partial charge in [0.15, 0.2) is 6.61 Å². The topological polar surface area (TPSA) is 44.8 Å². The van der Waals surface area contributed by atoms with Crippen molar-refractivity contribution in [3.63, 3.8) is 0 Å². The SMILES string of the molecule is C[C@H](CNC(=O)COc1ccccc1C(C)(C)C)N1CCN(C)CC1. The number of ether oxygens (including phenoxy) is 1. The summed E-state index contributed by atoms with van der Waals surface area (Å²) in [5.41, 5.74) is 1.11. The van der Waals surface area contributed by atoms with Gasteiger partial charge in [0.25, 0.3) is 5.91 Å². The zero-order valence-electron chi connectivity index (χ0n) is 16.3. The molecule has 2 rings (SSSR count). The Morgan fingerprint density at radius 2 is 1.84 bits per heavy atom. The van der Waals surface area contributed by atoms with Gasteiger partial charge in [-0.2, -0.15) is 0 Å². The molecule has 0 bridgehead atoms. The second-order valence-corrected chi connectivity index (χ2v) is 8.03. The van der Waals surface area contributed by atoms with Crippen molar-refractivity contribution >= 4 is 5.91 Å². The van der Waals surface area contributed by atoms with Crippen molar-refractivity contribution in [2.45, 2.75) is 39.2 Å². The van der Waals surface area contributed by atoms with Crippen LogP contribution in [0.25, 0.3) is 0 Å². The number of hydrogen-bond acceptors (Lipinski definition) is 4. The molecule has 0 saturated carbocycles. The zero-order valence-corrected chi connectivity index (χ0v) is 16.3. The molecule has 1 fully saturated rings. The molecule has 1 aromatic carbocycles. The molecule has 1 heterocycles. The lowest BCUT2D eigenvalue weighted by Gasteiger charge is -2.36. The predicted molar refractivity (Wildman–Crippen MR) is 102 cm³/mol. The van der Waals surface area contributed by atoms with Gasteiger partial charge in [-0.3, -0.25) is 9.69 Å². The van der Waals surface area contributed by atoms with Gasteiger partial charge in [-0.25, -0.2) is 0 Å². The molecule has 0 aliphatic carbocycles. The van der Waals surface area contributed by atoms with E-state index in [0.29, 0.717) is 12.6 Å². The maximum atomic E-state index is 12.2. The summed E-state index contributed by atoms with van der Waals surface area (Å²) in [5, 5.41) is 3.00. The minimum absolute atomic E-state index is 0.0109. The Morgan fingerprint density at radius 3 is 2.48 bits per heavy atom. The van der Waals surface area contributed by atoms with Gasteiger partial charge in [-0.1, -0.05) is 39.0 Å².